The highest BCUT2D eigenvalue weighted by Gasteiger charge is 2.23. The van der Waals surface area contributed by atoms with Gasteiger partial charge in [0.05, 0.1) is 6.20 Å². The molecule has 0 aliphatic heterocycles. The molecule has 0 radical (unpaired) electrons. The molecule has 0 saturated heterocycles. The Labute approximate surface area is 94.4 Å². The molecule has 1 rings (SSSR count). The minimum absolute atomic E-state index is 0.279. The van der Waals surface area contributed by atoms with Crippen LogP contribution >= 0.6 is 0 Å². The maximum absolute atomic E-state index is 11.5. The predicted octanol–water partition coefficient (Wildman–Crippen LogP) is -0.233. The summed E-state index contributed by atoms with van der Waals surface area (Å²) in [6.45, 7) is 3.47. The number of aromatic nitrogens is 2. The summed E-state index contributed by atoms with van der Waals surface area (Å²) in [5.74, 6) is -0.497. The number of nitrogens with zero attached hydrogens (tertiary/aromatic N) is 1. The second-order valence-electron chi connectivity index (χ2n) is 3.71. The van der Waals surface area contributed by atoms with E-state index in [0.29, 0.717) is 0 Å². The number of carbonyl (C=O) groups excluding carboxylic acids is 1. The van der Waals surface area contributed by atoms with E-state index < -0.39 is 21.0 Å². The van der Waals surface area contributed by atoms with Crippen molar-refractivity contribution in [2.24, 2.45) is 0 Å². The Morgan fingerprint density at radius 1 is 1.62 bits per heavy atom. The first-order valence-electron chi connectivity index (χ1n) is 4.78. The number of nitrogens with one attached hydrogen (secondary N) is 2. The van der Waals surface area contributed by atoms with Gasteiger partial charge in [-0.05, 0) is 13.8 Å². The van der Waals surface area contributed by atoms with E-state index in [4.69, 9.17) is 0 Å². The van der Waals surface area contributed by atoms with E-state index in [9.17, 15) is 13.2 Å². The fourth-order valence-electron chi connectivity index (χ4n) is 1.07. The van der Waals surface area contributed by atoms with E-state index in [0.717, 1.165) is 17.5 Å². The first-order chi connectivity index (χ1) is 7.32. The molecule has 6 nitrogen and oxygen atoms in total. The van der Waals surface area contributed by atoms with Crippen molar-refractivity contribution < 1.29 is 13.2 Å². The Kier molecular flexibility index (Phi) is 3.69. The van der Waals surface area contributed by atoms with Crippen LogP contribution in [0.3, 0.4) is 0 Å². The van der Waals surface area contributed by atoms with Crippen LogP contribution in [0.2, 0.25) is 0 Å². The van der Waals surface area contributed by atoms with E-state index in [1.54, 1.807) is 6.20 Å². The number of hydrogen-bond donors (Lipinski definition) is 2. The normalized spacial score (nSPS) is 13.4. The summed E-state index contributed by atoms with van der Waals surface area (Å²) >= 11 is 0. The zero-order valence-electron chi connectivity index (χ0n) is 9.44. The molecule has 1 heterocycles. The van der Waals surface area contributed by atoms with Crippen molar-refractivity contribution in [2.75, 3.05) is 6.26 Å². The van der Waals surface area contributed by atoms with Crippen LogP contribution in [0.5, 0.6) is 0 Å². The van der Waals surface area contributed by atoms with Crippen molar-refractivity contribution in [1.29, 1.82) is 0 Å². The molecule has 7 heteroatoms. The highest BCUT2D eigenvalue weighted by Crippen LogP contribution is 2.03. The van der Waals surface area contributed by atoms with Gasteiger partial charge in [0.25, 0.3) is 0 Å². The Bertz CT molecular complexity index is 478. The minimum atomic E-state index is -3.34. The van der Waals surface area contributed by atoms with Crippen LogP contribution in [-0.2, 0) is 21.2 Å². The molecule has 1 unspecified atom stereocenters. The maximum Gasteiger partial charge on any atom is 0.238 e. The lowest BCUT2D eigenvalue weighted by atomic mass is 10.2. The third-order valence-electron chi connectivity index (χ3n) is 2.40. The fraction of sp³-hybridized carbons (Fsp3) is 0.556. The van der Waals surface area contributed by atoms with Crippen LogP contribution in [0.15, 0.2) is 6.20 Å². The van der Waals surface area contributed by atoms with Gasteiger partial charge in [0.15, 0.2) is 9.84 Å². The van der Waals surface area contributed by atoms with E-state index in [-0.39, 0.29) is 6.54 Å². The smallest absolute Gasteiger partial charge is 0.238 e. The van der Waals surface area contributed by atoms with Gasteiger partial charge in [-0.3, -0.25) is 9.89 Å². The Morgan fingerprint density at radius 2 is 2.25 bits per heavy atom. The number of sulfone groups is 1. The Morgan fingerprint density at radius 3 is 2.69 bits per heavy atom. The van der Waals surface area contributed by atoms with Crippen molar-refractivity contribution in [3.63, 3.8) is 0 Å². The average Bonchev–Trinajstić information content (AvgIpc) is 2.58. The van der Waals surface area contributed by atoms with Gasteiger partial charge in [0, 0.05) is 24.1 Å². The van der Waals surface area contributed by atoms with E-state index in [1.807, 2.05) is 6.92 Å². The van der Waals surface area contributed by atoms with Gasteiger partial charge in [-0.1, -0.05) is 0 Å². The van der Waals surface area contributed by atoms with Crippen LogP contribution in [0.1, 0.15) is 18.2 Å². The molecule has 0 fully saturated rings. The van der Waals surface area contributed by atoms with Crippen molar-refractivity contribution in [1.82, 2.24) is 15.5 Å². The molecule has 0 aromatic carbocycles. The molecule has 1 aromatic rings. The van der Waals surface area contributed by atoms with Crippen LogP contribution < -0.4 is 5.32 Å². The SMILES string of the molecule is Cc1[nH]ncc1CNC(=O)C(C)S(C)(=O)=O. The topological polar surface area (TPSA) is 91.9 Å². The summed E-state index contributed by atoms with van der Waals surface area (Å²) in [4.78, 5) is 11.5. The molecular formula is C9H15N3O3S. The van der Waals surface area contributed by atoms with E-state index in [2.05, 4.69) is 15.5 Å². The summed E-state index contributed by atoms with van der Waals surface area (Å²) in [6.07, 6.45) is 2.64. The molecule has 0 aliphatic carbocycles. The van der Waals surface area contributed by atoms with Crippen molar-refractivity contribution in [3.8, 4) is 0 Å². The Balaban J connectivity index is 2.58. The molecule has 90 valence electrons. The number of hydrogen-bond acceptors (Lipinski definition) is 4. The molecule has 0 aliphatic rings. The van der Waals surface area contributed by atoms with Gasteiger partial charge >= 0.3 is 0 Å². The summed E-state index contributed by atoms with van der Waals surface area (Å²) in [6, 6.07) is 0. The van der Waals surface area contributed by atoms with Crippen LogP contribution in [0.4, 0.5) is 0 Å². The van der Waals surface area contributed by atoms with Crippen molar-refractivity contribution in [3.05, 3.63) is 17.5 Å². The first kappa shape index (κ1) is 12.7. The molecule has 1 atom stereocenters. The monoisotopic (exact) mass is 245 g/mol. The second kappa shape index (κ2) is 4.65. The van der Waals surface area contributed by atoms with Crippen molar-refractivity contribution >= 4 is 15.7 Å². The molecule has 1 amide bonds. The van der Waals surface area contributed by atoms with E-state index >= 15 is 0 Å². The zero-order valence-corrected chi connectivity index (χ0v) is 10.3. The fourth-order valence-corrected chi connectivity index (χ4v) is 1.55. The third kappa shape index (κ3) is 3.06. The highest BCUT2D eigenvalue weighted by molar-refractivity contribution is 7.92. The lowest BCUT2D eigenvalue weighted by Gasteiger charge is -2.09. The molecule has 0 spiro atoms. The quantitative estimate of drug-likeness (QED) is 0.766. The number of H-pyrrole nitrogens is 1. The molecule has 0 bridgehead atoms. The average molecular weight is 245 g/mol. The molecule has 0 saturated carbocycles. The number of rotatable bonds is 4. The zero-order chi connectivity index (χ0) is 12.3. The molecule has 16 heavy (non-hydrogen) atoms. The maximum atomic E-state index is 11.5. The summed E-state index contributed by atoms with van der Waals surface area (Å²) < 4.78 is 22.2. The number of aromatic amines is 1. The Hall–Kier alpha value is -1.37. The lowest BCUT2D eigenvalue weighted by Crippen LogP contribution is -2.37. The third-order valence-corrected chi connectivity index (χ3v) is 3.90. The van der Waals surface area contributed by atoms with Crippen LogP contribution in [0, 0.1) is 6.92 Å². The second-order valence-corrected chi connectivity index (χ2v) is 6.08. The highest BCUT2D eigenvalue weighted by atomic mass is 32.2. The number of aryl methyl sites for hydroxylation is 1. The van der Waals surface area contributed by atoms with Crippen LogP contribution in [-0.4, -0.2) is 36.0 Å². The summed E-state index contributed by atoms with van der Waals surface area (Å²) in [5, 5.41) is 8.06. The lowest BCUT2D eigenvalue weighted by molar-refractivity contribution is -0.120. The van der Waals surface area contributed by atoms with Gasteiger partial charge < -0.3 is 5.32 Å². The van der Waals surface area contributed by atoms with Crippen molar-refractivity contribution in [2.45, 2.75) is 25.6 Å². The molecular weight excluding hydrogens is 230 g/mol. The van der Waals surface area contributed by atoms with Gasteiger partial charge in [-0.25, -0.2) is 8.42 Å². The minimum Gasteiger partial charge on any atom is -0.351 e. The summed E-state index contributed by atoms with van der Waals surface area (Å²) in [7, 11) is -3.34. The molecule has 2 N–H and O–H groups in total. The summed E-state index contributed by atoms with van der Waals surface area (Å²) in [5.41, 5.74) is 1.70. The van der Waals surface area contributed by atoms with Gasteiger partial charge in [-0.15, -0.1) is 0 Å². The van der Waals surface area contributed by atoms with Gasteiger partial charge in [-0.2, -0.15) is 5.10 Å². The molecule has 1 aromatic heterocycles. The number of amides is 1. The van der Waals surface area contributed by atoms with Gasteiger partial charge in [0.1, 0.15) is 5.25 Å². The standard InChI is InChI=1S/C9H15N3O3S/c1-6-8(5-11-12-6)4-10-9(13)7(2)16(3,14)15/h5,7H,4H2,1-3H3,(H,10,13)(H,11,12). The van der Waals surface area contributed by atoms with Crippen LogP contribution in [0.25, 0.3) is 0 Å². The van der Waals surface area contributed by atoms with Gasteiger partial charge in [0.2, 0.25) is 5.91 Å². The first-order valence-corrected chi connectivity index (χ1v) is 6.73. The van der Waals surface area contributed by atoms with E-state index in [1.165, 1.54) is 6.92 Å². The number of carbonyl (C=O) groups is 1. The predicted molar refractivity (Wildman–Crippen MR) is 59.5 cm³/mol. The largest absolute Gasteiger partial charge is 0.351 e.